The van der Waals surface area contributed by atoms with Crippen LogP contribution in [0.25, 0.3) is 11.1 Å². The van der Waals surface area contributed by atoms with Gasteiger partial charge in [0.15, 0.2) is 11.4 Å². The predicted octanol–water partition coefficient (Wildman–Crippen LogP) is 3.11. The van der Waals surface area contributed by atoms with Crippen LogP contribution in [0.2, 0.25) is 0 Å². The summed E-state index contributed by atoms with van der Waals surface area (Å²) in [4.78, 5) is 26.1. The van der Waals surface area contributed by atoms with Gasteiger partial charge in [-0.05, 0) is 23.8 Å². The lowest BCUT2D eigenvalue weighted by Gasteiger charge is -2.10. The number of fused-ring (bicyclic) bond motifs is 1. The molecule has 0 saturated carbocycles. The first-order valence-corrected chi connectivity index (χ1v) is 6.37. The first-order chi connectivity index (χ1) is 9.65. The topological polar surface area (TPSA) is 63.1 Å². The fraction of sp³-hybridized carbons (Fsp3) is 0.125. The van der Waals surface area contributed by atoms with Crippen LogP contribution < -0.4 is 5.76 Å². The molecular formula is C16H13NO3. The third-order valence-electron chi connectivity index (χ3n) is 3.40. The van der Waals surface area contributed by atoms with E-state index >= 15 is 0 Å². The van der Waals surface area contributed by atoms with Crippen molar-refractivity contribution in [2.75, 3.05) is 0 Å². The van der Waals surface area contributed by atoms with Gasteiger partial charge in [0.05, 0.1) is 5.52 Å². The van der Waals surface area contributed by atoms with Gasteiger partial charge in [-0.3, -0.25) is 9.78 Å². The van der Waals surface area contributed by atoms with Crippen LogP contribution >= 0.6 is 0 Å². The number of rotatable bonds is 3. The van der Waals surface area contributed by atoms with E-state index in [1.807, 2.05) is 37.3 Å². The average Bonchev–Trinajstić information content (AvgIpc) is 2.85. The second-order valence-corrected chi connectivity index (χ2v) is 4.72. The number of Topliss-reactive ketones (excluding diaryl/α,β-unsaturated/α-hetero) is 1. The molecule has 0 aliphatic heterocycles. The number of carbonyl (C=O) groups is 1. The summed E-state index contributed by atoms with van der Waals surface area (Å²) >= 11 is 0. The lowest BCUT2D eigenvalue weighted by atomic mass is 9.92. The second-order valence-electron chi connectivity index (χ2n) is 4.72. The molecule has 1 heterocycles. The number of aromatic amines is 1. The largest absolute Gasteiger partial charge is 0.417 e. The minimum atomic E-state index is -0.513. The number of benzene rings is 2. The molecule has 20 heavy (non-hydrogen) atoms. The van der Waals surface area contributed by atoms with Gasteiger partial charge in [-0.15, -0.1) is 0 Å². The Hall–Kier alpha value is -2.62. The van der Waals surface area contributed by atoms with Crippen molar-refractivity contribution in [3.8, 4) is 0 Å². The van der Waals surface area contributed by atoms with Crippen LogP contribution in [-0.2, 0) is 0 Å². The summed E-state index contributed by atoms with van der Waals surface area (Å²) in [6.45, 7) is 1.87. The summed E-state index contributed by atoms with van der Waals surface area (Å²) in [5.74, 6) is -0.748. The van der Waals surface area contributed by atoms with Crippen LogP contribution in [0.15, 0.2) is 57.7 Å². The predicted molar refractivity (Wildman–Crippen MR) is 76.0 cm³/mol. The molecule has 1 aromatic heterocycles. The Morgan fingerprint density at radius 3 is 2.65 bits per heavy atom. The molecule has 0 saturated heterocycles. The average molecular weight is 267 g/mol. The van der Waals surface area contributed by atoms with E-state index in [-0.39, 0.29) is 11.7 Å². The summed E-state index contributed by atoms with van der Waals surface area (Å²) in [5, 5.41) is 0. The van der Waals surface area contributed by atoms with Gasteiger partial charge in [0, 0.05) is 11.5 Å². The highest BCUT2D eigenvalue weighted by Gasteiger charge is 2.17. The number of H-pyrrole nitrogens is 1. The van der Waals surface area contributed by atoms with Crippen LogP contribution in [0.5, 0.6) is 0 Å². The highest BCUT2D eigenvalue weighted by Crippen LogP contribution is 2.22. The highest BCUT2D eigenvalue weighted by atomic mass is 16.4. The SMILES string of the molecule is CC(C(=O)c1ccc2[nH]c(=O)oc2c1)c1ccccc1. The Kier molecular flexibility index (Phi) is 2.99. The van der Waals surface area contributed by atoms with Crippen molar-refractivity contribution >= 4 is 16.9 Å². The van der Waals surface area contributed by atoms with Crippen molar-refractivity contribution in [3.63, 3.8) is 0 Å². The van der Waals surface area contributed by atoms with Crippen LogP contribution in [-0.4, -0.2) is 10.8 Å². The van der Waals surface area contributed by atoms with Gasteiger partial charge < -0.3 is 4.42 Å². The fourth-order valence-electron chi connectivity index (χ4n) is 2.24. The van der Waals surface area contributed by atoms with Crippen LogP contribution in [0.3, 0.4) is 0 Å². The number of ketones is 1. The van der Waals surface area contributed by atoms with Gasteiger partial charge in [0.25, 0.3) is 0 Å². The van der Waals surface area contributed by atoms with E-state index < -0.39 is 5.76 Å². The molecule has 100 valence electrons. The third kappa shape index (κ3) is 2.16. The van der Waals surface area contributed by atoms with Crippen molar-refractivity contribution in [1.29, 1.82) is 0 Å². The van der Waals surface area contributed by atoms with E-state index in [4.69, 9.17) is 4.42 Å². The molecular weight excluding hydrogens is 254 g/mol. The maximum atomic E-state index is 12.5. The zero-order valence-electron chi connectivity index (χ0n) is 10.9. The molecule has 4 heteroatoms. The molecule has 1 N–H and O–H groups in total. The van der Waals surface area contributed by atoms with Crippen molar-refractivity contribution in [1.82, 2.24) is 4.98 Å². The molecule has 1 atom stereocenters. The third-order valence-corrected chi connectivity index (χ3v) is 3.40. The fourth-order valence-corrected chi connectivity index (χ4v) is 2.24. The maximum absolute atomic E-state index is 12.5. The summed E-state index contributed by atoms with van der Waals surface area (Å²) < 4.78 is 4.98. The van der Waals surface area contributed by atoms with Crippen molar-refractivity contribution in [2.24, 2.45) is 0 Å². The Morgan fingerprint density at radius 2 is 1.90 bits per heavy atom. The van der Waals surface area contributed by atoms with Gasteiger partial charge in [-0.2, -0.15) is 0 Å². The molecule has 0 bridgehead atoms. The quantitative estimate of drug-likeness (QED) is 0.741. The molecule has 2 aromatic carbocycles. The second kappa shape index (κ2) is 4.81. The normalized spacial score (nSPS) is 12.4. The molecule has 0 amide bonds. The van der Waals surface area contributed by atoms with Crippen LogP contribution in [0, 0.1) is 0 Å². The first-order valence-electron chi connectivity index (χ1n) is 6.37. The van der Waals surface area contributed by atoms with E-state index in [0.29, 0.717) is 16.7 Å². The van der Waals surface area contributed by atoms with E-state index in [1.165, 1.54) is 0 Å². The van der Waals surface area contributed by atoms with Crippen LogP contribution in [0.4, 0.5) is 0 Å². The Balaban J connectivity index is 1.97. The van der Waals surface area contributed by atoms with Gasteiger partial charge in [0.1, 0.15) is 0 Å². The number of carbonyl (C=O) groups excluding carboxylic acids is 1. The smallest absolute Gasteiger partial charge is 0.408 e. The van der Waals surface area contributed by atoms with Crippen molar-refractivity contribution in [2.45, 2.75) is 12.8 Å². The molecule has 3 rings (SSSR count). The molecule has 1 unspecified atom stereocenters. The minimum Gasteiger partial charge on any atom is -0.408 e. The molecule has 0 aliphatic rings. The standard InChI is InChI=1S/C16H13NO3/c1-10(11-5-3-2-4-6-11)15(18)12-7-8-13-14(9-12)20-16(19)17-13/h2-10H,1H3,(H,17,19). The Morgan fingerprint density at radius 1 is 1.15 bits per heavy atom. The first kappa shape index (κ1) is 12.4. The number of nitrogens with one attached hydrogen (secondary N) is 1. The number of aromatic nitrogens is 1. The van der Waals surface area contributed by atoms with Gasteiger partial charge in [-0.1, -0.05) is 37.3 Å². The molecule has 0 fully saturated rings. The Bertz CT molecular complexity index is 814. The lowest BCUT2D eigenvalue weighted by molar-refractivity contribution is 0.0966. The zero-order chi connectivity index (χ0) is 14.1. The highest BCUT2D eigenvalue weighted by molar-refractivity contribution is 6.02. The summed E-state index contributed by atoms with van der Waals surface area (Å²) in [7, 11) is 0. The maximum Gasteiger partial charge on any atom is 0.417 e. The summed E-state index contributed by atoms with van der Waals surface area (Å²) in [6.07, 6.45) is 0. The lowest BCUT2D eigenvalue weighted by Crippen LogP contribution is -2.09. The number of hydrogen-bond donors (Lipinski definition) is 1. The van der Waals surface area contributed by atoms with Crippen molar-refractivity contribution < 1.29 is 9.21 Å². The van der Waals surface area contributed by atoms with Crippen LogP contribution in [0.1, 0.15) is 28.8 Å². The monoisotopic (exact) mass is 267 g/mol. The summed E-state index contributed by atoms with van der Waals surface area (Å²) in [6, 6.07) is 14.6. The van der Waals surface area contributed by atoms with E-state index in [9.17, 15) is 9.59 Å². The minimum absolute atomic E-state index is 0.00180. The molecule has 3 aromatic rings. The molecule has 0 spiro atoms. The molecule has 4 nitrogen and oxygen atoms in total. The number of hydrogen-bond acceptors (Lipinski definition) is 3. The zero-order valence-corrected chi connectivity index (χ0v) is 10.9. The summed E-state index contributed by atoms with van der Waals surface area (Å²) in [5.41, 5.74) is 2.50. The van der Waals surface area contributed by atoms with E-state index in [1.54, 1.807) is 18.2 Å². The van der Waals surface area contributed by atoms with E-state index in [2.05, 4.69) is 4.98 Å². The number of oxazole rings is 1. The van der Waals surface area contributed by atoms with Gasteiger partial charge in [-0.25, -0.2) is 4.79 Å². The van der Waals surface area contributed by atoms with Gasteiger partial charge in [0.2, 0.25) is 0 Å². The molecule has 0 aliphatic carbocycles. The van der Waals surface area contributed by atoms with Gasteiger partial charge >= 0.3 is 5.76 Å². The van der Waals surface area contributed by atoms with E-state index in [0.717, 1.165) is 5.56 Å². The molecule has 0 radical (unpaired) electrons. The van der Waals surface area contributed by atoms with Crippen molar-refractivity contribution in [3.05, 3.63) is 70.2 Å². The Labute approximate surface area is 115 Å².